The summed E-state index contributed by atoms with van der Waals surface area (Å²) in [5.74, 6) is -3.11. The number of aliphatic hydroxyl groups excluding tert-OH is 2. The molecule has 2 fully saturated rings. The van der Waals surface area contributed by atoms with Crippen molar-refractivity contribution in [3.63, 3.8) is 0 Å². The smallest absolute Gasteiger partial charge is 0.454 e. The second-order valence-corrected chi connectivity index (χ2v) is 16.8. The van der Waals surface area contributed by atoms with Crippen molar-refractivity contribution in [2.24, 2.45) is 0 Å². The predicted octanol–water partition coefficient (Wildman–Crippen LogP) is 3.63. The Kier molecular flexibility index (Phi) is 15.2. The van der Waals surface area contributed by atoms with E-state index in [0.29, 0.717) is 19.6 Å². The molecule has 0 spiro atoms. The number of carbonyl (C=O) groups is 3. The molecule has 1 aliphatic heterocycles. The van der Waals surface area contributed by atoms with Gasteiger partial charge in [-0.1, -0.05) is 91.0 Å². The van der Waals surface area contributed by atoms with Crippen LogP contribution in [0.3, 0.4) is 0 Å². The molecule has 8 rings (SSSR count). The average molecular weight is 939 g/mol. The number of esters is 1. The van der Waals surface area contributed by atoms with Crippen LogP contribution in [0.1, 0.15) is 57.3 Å². The van der Waals surface area contributed by atoms with Gasteiger partial charge >= 0.3 is 18.2 Å². The lowest BCUT2D eigenvalue weighted by Gasteiger charge is -2.34. The number of fused-ring (bicyclic) bond motifs is 1. The van der Waals surface area contributed by atoms with Crippen molar-refractivity contribution in [2.75, 3.05) is 64.2 Å². The predicted molar refractivity (Wildman–Crippen MR) is 243 cm³/mol. The normalized spacial score (nSPS) is 19.0. The summed E-state index contributed by atoms with van der Waals surface area (Å²) in [5, 5.41) is 38.6. The van der Waals surface area contributed by atoms with Crippen molar-refractivity contribution >= 4 is 34.9 Å². The van der Waals surface area contributed by atoms with Gasteiger partial charge in [-0.15, -0.1) is 0 Å². The van der Waals surface area contributed by atoms with Crippen molar-refractivity contribution in [1.29, 1.82) is 0 Å². The molecule has 3 aromatic carbocycles. The fraction of sp³-hybridized carbons (Fsp3) is 0.383. The number of aliphatic hydroxyl groups is 2. The van der Waals surface area contributed by atoms with Gasteiger partial charge in [0.05, 0.1) is 24.6 Å². The van der Waals surface area contributed by atoms with E-state index in [1.807, 2.05) is 78.9 Å². The number of urea groups is 1. The van der Waals surface area contributed by atoms with Crippen LogP contribution in [0.2, 0.25) is 0 Å². The van der Waals surface area contributed by atoms with E-state index in [2.05, 4.69) is 68.0 Å². The maximum atomic E-state index is 13.8. The van der Waals surface area contributed by atoms with Crippen LogP contribution in [0.5, 0.6) is 0 Å². The fourth-order valence-corrected chi connectivity index (χ4v) is 8.60. The molecule has 2 aliphatic rings. The number of carbonyl (C=O) groups excluding carboxylic acids is 3. The van der Waals surface area contributed by atoms with Gasteiger partial charge in [0.2, 0.25) is 5.82 Å². The summed E-state index contributed by atoms with van der Waals surface area (Å²) in [6.07, 6.45) is -3.93. The van der Waals surface area contributed by atoms with Gasteiger partial charge in [-0.3, -0.25) is 19.3 Å². The zero-order valence-electron chi connectivity index (χ0n) is 37.0. The summed E-state index contributed by atoms with van der Waals surface area (Å²) < 4.78 is 45.3. The van der Waals surface area contributed by atoms with Gasteiger partial charge in [0, 0.05) is 83.1 Å². The average Bonchev–Trinajstić information content (AvgIpc) is 4.08. The summed E-state index contributed by atoms with van der Waals surface area (Å²) in [6.45, 7) is 5.60. The number of halogens is 3. The van der Waals surface area contributed by atoms with Gasteiger partial charge in [-0.05, 0) is 23.1 Å². The van der Waals surface area contributed by atoms with Crippen LogP contribution in [0.4, 0.5) is 23.8 Å². The highest BCUT2D eigenvalue weighted by molar-refractivity contribution is 5.94. The van der Waals surface area contributed by atoms with E-state index in [1.54, 1.807) is 4.57 Å². The molecule has 1 aliphatic carbocycles. The number of piperazine rings is 1. The first kappa shape index (κ1) is 47.5. The number of hydrogen-bond donors (Lipinski definition) is 6. The lowest BCUT2D eigenvalue weighted by atomic mass is 9.91. The molecular weight excluding hydrogens is 886 g/mol. The molecule has 4 heterocycles. The zero-order chi connectivity index (χ0) is 47.6. The summed E-state index contributed by atoms with van der Waals surface area (Å²) in [4.78, 5) is 56.3. The molecule has 0 radical (unpaired) electrons. The largest absolute Gasteiger partial charge is 0.490 e. The second-order valence-electron chi connectivity index (χ2n) is 16.8. The van der Waals surface area contributed by atoms with Crippen LogP contribution in [0, 0.1) is 0 Å². The molecule has 3 amide bonds. The van der Waals surface area contributed by atoms with E-state index in [9.17, 15) is 37.8 Å². The van der Waals surface area contributed by atoms with Gasteiger partial charge < -0.3 is 40.8 Å². The van der Waals surface area contributed by atoms with Crippen LogP contribution in [0.25, 0.3) is 11.2 Å². The first-order chi connectivity index (χ1) is 32.9. The lowest BCUT2D eigenvalue weighted by Crippen LogP contribution is -2.49. The Bertz CT molecular complexity index is 2570. The Balaban J connectivity index is 0.925. The van der Waals surface area contributed by atoms with Crippen LogP contribution in [0.15, 0.2) is 110 Å². The van der Waals surface area contributed by atoms with Gasteiger partial charge in [-0.25, -0.2) is 24.5 Å². The quantitative estimate of drug-likeness (QED) is 0.0537. The molecule has 18 nitrogen and oxygen atoms in total. The lowest BCUT2D eigenvalue weighted by molar-refractivity contribution is -0.201. The molecule has 6 aromatic rings. The van der Waals surface area contributed by atoms with Crippen molar-refractivity contribution in [1.82, 2.24) is 55.0 Å². The molecule has 0 unspecified atom stereocenters. The molecule has 1 saturated heterocycles. The van der Waals surface area contributed by atoms with Gasteiger partial charge in [0.1, 0.15) is 24.3 Å². The van der Waals surface area contributed by atoms with Crippen LogP contribution in [-0.2, 0) is 22.7 Å². The molecule has 358 valence electrons. The Labute approximate surface area is 389 Å². The van der Waals surface area contributed by atoms with E-state index >= 15 is 0 Å². The highest BCUT2D eigenvalue weighted by Gasteiger charge is 2.45. The van der Waals surface area contributed by atoms with Crippen LogP contribution >= 0.6 is 0 Å². The van der Waals surface area contributed by atoms with Gasteiger partial charge in [0.25, 0.3) is 5.91 Å². The number of anilines is 1. The van der Waals surface area contributed by atoms with Crippen molar-refractivity contribution in [2.45, 2.75) is 56.0 Å². The zero-order valence-corrected chi connectivity index (χ0v) is 37.0. The summed E-state index contributed by atoms with van der Waals surface area (Å²) >= 11 is 0. The third-order valence-corrected chi connectivity index (χ3v) is 12.2. The highest BCUT2D eigenvalue weighted by Crippen LogP contribution is 2.40. The number of hydrogen-bond acceptors (Lipinski definition) is 13. The third-order valence-electron chi connectivity index (χ3n) is 12.2. The number of nitrogens with one attached hydrogen (secondary N) is 4. The standard InChI is InChI=1S/C47H53F3N12O6/c48-47(49,50)45(66)68-29-32-25-56-62(28-32)37-24-36(39(63)40(37)64)61-30-55-38-41(54-26-35(33-12-6-2-7-13-33)34-14-8-3-9-15-34)57-42(58-43(38)61)44(65)51-16-17-52-46(67)53-18-19-59-20-22-60(23-21-59)27-31-10-4-1-5-11-31/h1-15,25,28,30,35-37,39-40,63-64H,16-24,26-27,29H2,(H,51,65)(H2,52,53,67)(H,54,57,58)/t36-,37+,39+,40-/m1/s1. The number of rotatable bonds is 18. The van der Waals surface area contributed by atoms with E-state index in [0.717, 1.165) is 43.9 Å². The van der Waals surface area contributed by atoms with Crippen molar-refractivity contribution < 1.29 is 42.5 Å². The Morgan fingerprint density at radius 3 is 2.06 bits per heavy atom. The summed E-state index contributed by atoms with van der Waals surface area (Å²) in [5.41, 5.74) is 3.95. The maximum absolute atomic E-state index is 13.8. The topological polar surface area (TPSA) is 217 Å². The fourth-order valence-electron chi connectivity index (χ4n) is 8.60. The Morgan fingerprint density at radius 2 is 1.38 bits per heavy atom. The van der Waals surface area contributed by atoms with E-state index in [4.69, 9.17) is 0 Å². The number of amides is 3. The first-order valence-electron chi connectivity index (χ1n) is 22.4. The number of alkyl halides is 3. The summed E-state index contributed by atoms with van der Waals surface area (Å²) in [6, 6.07) is 28.1. The molecule has 6 N–H and O–H groups in total. The number of aromatic nitrogens is 6. The van der Waals surface area contributed by atoms with Crippen LogP contribution in [-0.4, -0.2) is 145 Å². The summed E-state index contributed by atoms with van der Waals surface area (Å²) in [7, 11) is 0. The molecule has 4 atom stereocenters. The van der Waals surface area contributed by atoms with Gasteiger partial charge in [0.15, 0.2) is 11.5 Å². The minimum Gasteiger partial charge on any atom is -0.454 e. The van der Waals surface area contributed by atoms with Gasteiger partial charge in [-0.2, -0.15) is 18.3 Å². The van der Waals surface area contributed by atoms with Crippen molar-refractivity contribution in [3.05, 3.63) is 138 Å². The molecule has 21 heteroatoms. The van der Waals surface area contributed by atoms with E-state index in [-0.39, 0.29) is 59.8 Å². The van der Waals surface area contributed by atoms with Crippen molar-refractivity contribution in [3.8, 4) is 0 Å². The van der Waals surface area contributed by atoms with Crippen LogP contribution < -0.4 is 21.3 Å². The molecule has 3 aromatic heterocycles. The Hall–Kier alpha value is -6.94. The minimum atomic E-state index is -5.16. The second kappa shape index (κ2) is 21.8. The molecular formula is C47H53F3N12O6. The highest BCUT2D eigenvalue weighted by atomic mass is 19.4. The Morgan fingerprint density at radius 1 is 0.765 bits per heavy atom. The molecule has 0 bridgehead atoms. The number of benzene rings is 3. The molecule has 68 heavy (non-hydrogen) atoms. The number of nitrogens with zero attached hydrogens (tertiary/aromatic N) is 8. The molecule has 1 saturated carbocycles. The minimum absolute atomic E-state index is 0.0552. The third kappa shape index (κ3) is 11.8. The van der Waals surface area contributed by atoms with E-state index in [1.165, 1.54) is 29.0 Å². The number of imidazole rings is 1. The maximum Gasteiger partial charge on any atom is 0.490 e. The first-order valence-corrected chi connectivity index (χ1v) is 22.4. The van der Waals surface area contributed by atoms with E-state index < -0.39 is 49.0 Å². The SMILES string of the molecule is O=C(NCCNC(=O)c1nc(NCC(c2ccccc2)c2ccccc2)c2ncn([C@@H]3C[C@H](n4cc(COC(=O)C(F)(F)F)cn4)[C@@H](O)[C@H]3O)c2n1)NCCN1CCN(Cc2ccccc2)CC1. The monoisotopic (exact) mass is 938 g/mol. The number of ether oxygens (including phenoxy) is 1.